The summed E-state index contributed by atoms with van der Waals surface area (Å²) in [5.74, 6) is -1.68. The summed E-state index contributed by atoms with van der Waals surface area (Å²) >= 11 is 0. The standard InChI is InChI=1S/C10H10FNO5/c1-17-10(14)9(13)4-6-2-7(11)5-8(3-6)12(15)16/h2-3,5,9,13H,4H2,1H3. The number of benzene rings is 1. The molecular weight excluding hydrogens is 233 g/mol. The van der Waals surface area contributed by atoms with E-state index < -0.39 is 28.5 Å². The third-order valence-corrected chi connectivity index (χ3v) is 2.06. The van der Waals surface area contributed by atoms with Gasteiger partial charge in [-0.25, -0.2) is 9.18 Å². The van der Waals surface area contributed by atoms with E-state index in [0.717, 1.165) is 25.3 Å². The Hall–Kier alpha value is -2.02. The molecule has 1 rings (SSSR count). The first-order valence-electron chi connectivity index (χ1n) is 4.63. The molecule has 1 N–H and O–H groups in total. The number of halogens is 1. The number of nitro groups is 1. The Morgan fingerprint density at radius 3 is 2.76 bits per heavy atom. The van der Waals surface area contributed by atoms with Gasteiger partial charge in [0.1, 0.15) is 5.82 Å². The molecule has 0 saturated carbocycles. The van der Waals surface area contributed by atoms with Crippen LogP contribution in [0.15, 0.2) is 18.2 Å². The van der Waals surface area contributed by atoms with Crippen LogP contribution in [0.3, 0.4) is 0 Å². The number of hydrogen-bond acceptors (Lipinski definition) is 5. The Labute approximate surface area is 95.8 Å². The zero-order valence-corrected chi connectivity index (χ0v) is 8.92. The second kappa shape index (κ2) is 5.35. The number of aliphatic hydroxyl groups excluding tert-OH is 1. The molecule has 6 nitrogen and oxygen atoms in total. The van der Waals surface area contributed by atoms with Crippen LogP contribution in [-0.2, 0) is 16.0 Å². The van der Waals surface area contributed by atoms with Gasteiger partial charge in [-0.15, -0.1) is 0 Å². The number of aliphatic hydroxyl groups is 1. The summed E-state index contributed by atoms with van der Waals surface area (Å²) in [6, 6.07) is 2.86. The molecule has 17 heavy (non-hydrogen) atoms. The highest BCUT2D eigenvalue weighted by atomic mass is 19.1. The fourth-order valence-corrected chi connectivity index (χ4v) is 1.30. The van der Waals surface area contributed by atoms with Crippen molar-refractivity contribution in [3.63, 3.8) is 0 Å². The van der Waals surface area contributed by atoms with Gasteiger partial charge in [-0.2, -0.15) is 0 Å². The number of esters is 1. The van der Waals surface area contributed by atoms with Gasteiger partial charge in [0.05, 0.1) is 18.1 Å². The highest BCUT2D eigenvalue weighted by Crippen LogP contribution is 2.17. The van der Waals surface area contributed by atoms with Crippen LogP contribution >= 0.6 is 0 Å². The second-order valence-electron chi connectivity index (χ2n) is 3.32. The number of non-ortho nitro benzene ring substituents is 1. The maximum absolute atomic E-state index is 13.0. The molecule has 0 aliphatic heterocycles. The normalized spacial score (nSPS) is 11.9. The first kappa shape index (κ1) is 13.0. The molecule has 0 aliphatic rings. The summed E-state index contributed by atoms with van der Waals surface area (Å²) in [5, 5.41) is 19.8. The van der Waals surface area contributed by atoms with Crippen LogP contribution in [0.25, 0.3) is 0 Å². The van der Waals surface area contributed by atoms with Crippen molar-refractivity contribution in [1.82, 2.24) is 0 Å². The SMILES string of the molecule is COC(=O)C(O)Cc1cc(F)cc([N+](=O)[O-])c1. The highest BCUT2D eigenvalue weighted by molar-refractivity contribution is 5.74. The maximum Gasteiger partial charge on any atom is 0.335 e. The number of carbonyl (C=O) groups is 1. The quantitative estimate of drug-likeness (QED) is 0.480. The van der Waals surface area contributed by atoms with Crippen LogP contribution in [0.5, 0.6) is 0 Å². The van der Waals surface area contributed by atoms with Crippen molar-refractivity contribution in [2.45, 2.75) is 12.5 Å². The zero-order valence-electron chi connectivity index (χ0n) is 8.92. The Balaban J connectivity index is 2.91. The largest absolute Gasteiger partial charge is 0.467 e. The third-order valence-electron chi connectivity index (χ3n) is 2.06. The molecule has 0 bridgehead atoms. The minimum atomic E-state index is -1.47. The van der Waals surface area contributed by atoms with E-state index in [4.69, 9.17) is 0 Å². The molecule has 1 aromatic carbocycles. The van der Waals surface area contributed by atoms with Crippen LogP contribution in [0.2, 0.25) is 0 Å². The first-order chi connectivity index (χ1) is 7.93. The monoisotopic (exact) mass is 243 g/mol. The van der Waals surface area contributed by atoms with E-state index in [2.05, 4.69) is 4.74 Å². The van der Waals surface area contributed by atoms with E-state index >= 15 is 0 Å². The predicted molar refractivity (Wildman–Crippen MR) is 54.8 cm³/mol. The second-order valence-corrected chi connectivity index (χ2v) is 3.32. The Bertz CT molecular complexity index is 448. The lowest BCUT2D eigenvalue weighted by molar-refractivity contribution is -0.385. The molecule has 0 fully saturated rings. The number of nitrogens with zero attached hydrogens (tertiary/aromatic N) is 1. The summed E-state index contributed by atoms with van der Waals surface area (Å²) in [5.41, 5.74) is -0.285. The van der Waals surface area contributed by atoms with Crippen molar-refractivity contribution in [3.05, 3.63) is 39.7 Å². The van der Waals surface area contributed by atoms with Crippen molar-refractivity contribution in [3.8, 4) is 0 Å². The van der Waals surface area contributed by atoms with Gasteiger partial charge < -0.3 is 9.84 Å². The Morgan fingerprint density at radius 1 is 1.59 bits per heavy atom. The Morgan fingerprint density at radius 2 is 2.24 bits per heavy atom. The number of rotatable bonds is 4. The molecule has 0 aromatic heterocycles. The van der Waals surface area contributed by atoms with Gasteiger partial charge in [0.25, 0.3) is 5.69 Å². The molecule has 0 amide bonds. The van der Waals surface area contributed by atoms with E-state index in [-0.39, 0.29) is 12.0 Å². The molecule has 1 unspecified atom stereocenters. The number of nitro benzene ring substituents is 1. The number of carbonyl (C=O) groups excluding carboxylic acids is 1. The average Bonchev–Trinajstić information content (AvgIpc) is 2.26. The van der Waals surface area contributed by atoms with E-state index in [9.17, 15) is 24.4 Å². The van der Waals surface area contributed by atoms with Crippen molar-refractivity contribution >= 4 is 11.7 Å². The first-order valence-corrected chi connectivity index (χ1v) is 4.63. The number of ether oxygens (including phenoxy) is 1. The van der Waals surface area contributed by atoms with E-state index in [0.29, 0.717) is 0 Å². The van der Waals surface area contributed by atoms with Crippen LogP contribution in [-0.4, -0.2) is 29.2 Å². The van der Waals surface area contributed by atoms with Crippen LogP contribution < -0.4 is 0 Å². The predicted octanol–water partition coefficient (Wildman–Crippen LogP) is 0.810. The number of methoxy groups -OCH3 is 1. The zero-order chi connectivity index (χ0) is 13.0. The molecule has 92 valence electrons. The van der Waals surface area contributed by atoms with E-state index in [1.807, 2.05) is 0 Å². The van der Waals surface area contributed by atoms with Gasteiger partial charge in [-0.1, -0.05) is 0 Å². The smallest absolute Gasteiger partial charge is 0.335 e. The molecular formula is C10H10FNO5. The van der Waals surface area contributed by atoms with Crippen LogP contribution in [0, 0.1) is 15.9 Å². The van der Waals surface area contributed by atoms with E-state index in [1.165, 1.54) is 0 Å². The summed E-state index contributed by atoms with van der Waals surface area (Å²) in [6.45, 7) is 0. The summed E-state index contributed by atoms with van der Waals surface area (Å²) in [7, 11) is 1.10. The maximum atomic E-state index is 13.0. The molecule has 0 radical (unpaired) electrons. The third kappa shape index (κ3) is 3.49. The van der Waals surface area contributed by atoms with Crippen LogP contribution in [0.1, 0.15) is 5.56 Å². The van der Waals surface area contributed by atoms with Gasteiger partial charge in [0.2, 0.25) is 0 Å². The summed E-state index contributed by atoms with van der Waals surface area (Å²) in [6.07, 6.45) is -1.72. The molecule has 0 saturated heterocycles. The van der Waals surface area contributed by atoms with Crippen molar-refractivity contribution in [1.29, 1.82) is 0 Å². The molecule has 0 aliphatic carbocycles. The molecule has 0 heterocycles. The van der Waals surface area contributed by atoms with Gasteiger partial charge in [0, 0.05) is 12.5 Å². The van der Waals surface area contributed by atoms with E-state index in [1.54, 1.807) is 0 Å². The minimum absolute atomic E-state index is 0.148. The lowest BCUT2D eigenvalue weighted by Gasteiger charge is -2.08. The van der Waals surface area contributed by atoms with Gasteiger partial charge >= 0.3 is 5.97 Å². The highest BCUT2D eigenvalue weighted by Gasteiger charge is 2.18. The van der Waals surface area contributed by atoms with Gasteiger partial charge in [-0.3, -0.25) is 10.1 Å². The molecule has 1 aromatic rings. The fourth-order valence-electron chi connectivity index (χ4n) is 1.30. The number of hydrogen-bond donors (Lipinski definition) is 1. The van der Waals surface area contributed by atoms with Crippen molar-refractivity contribution < 1.29 is 24.0 Å². The summed E-state index contributed by atoms with van der Waals surface area (Å²) < 4.78 is 17.3. The topological polar surface area (TPSA) is 89.7 Å². The summed E-state index contributed by atoms with van der Waals surface area (Å²) in [4.78, 5) is 20.6. The lowest BCUT2D eigenvalue weighted by Crippen LogP contribution is -2.24. The van der Waals surface area contributed by atoms with Crippen LogP contribution in [0.4, 0.5) is 10.1 Å². The lowest BCUT2D eigenvalue weighted by atomic mass is 10.1. The minimum Gasteiger partial charge on any atom is -0.467 e. The van der Waals surface area contributed by atoms with Crippen molar-refractivity contribution in [2.75, 3.05) is 7.11 Å². The molecule has 0 spiro atoms. The molecule has 1 atom stereocenters. The van der Waals surface area contributed by atoms with Crippen molar-refractivity contribution in [2.24, 2.45) is 0 Å². The average molecular weight is 243 g/mol. The fraction of sp³-hybridized carbons (Fsp3) is 0.300. The molecule has 7 heteroatoms. The Kier molecular flexibility index (Phi) is 4.11. The van der Waals surface area contributed by atoms with Gasteiger partial charge in [0.15, 0.2) is 6.10 Å². The van der Waals surface area contributed by atoms with Gasteiger partial charge in [-0.05, 0) is 11.6 Å².